The fraction of sp³-hybridized carbons (Fsp3) is 0.511. The van der Waals surface area contributed by atoms with Gasteiger partial charge < -0.3 is 46.9 Å². The number of ether oxygens (including phenoxy) is 8. The summed E-state index contributed by atoms with van der Waals surface area (Å²) in [7, 11) is 1.66. The average Bonchev–Trinajstić information content (AvgIpc) is 3.69. The van der Waals surface area contributed by atoms with Crippen LogP contribution in [0.25, 0.3) is 0 Å². The lowest BCUT2D eigenvalue weighted by atomic mass is 9.80. The zero-order valence-electron chi connectivity index (χ0n) is 37.9. The van der Waals surface area contributed by atoms with Crippen molar-refractivity contribution in [1.29, 1.82) is 5.26 Å². The van der Waals surface area contributed by atoms with Crippen molar-refractivity contribution in [2.75, 3.05) is 73.7 Å². The van der Waals surface area contributed by atoms with Gasteiger partial charge in [0.1, 0.15) is 29.4 Å². The second-order valence-electron chi connectivity index (χ2n) is 15.4. The third-order valence-corrected chi connectivity index (χ3v) is 12.5. The van der Waals surface area contributed by atoms with Gasteiger partial charge in [-0.2, -0.15) is 5.26 Å². The molecule has 0 aliphatic carbocycles. The molecule has 2 heterocycles. The standard InChI is InChI=1S/C47H63N4O12P/c1-34(2)51(35(3)4)64(61-23-11-22-48)63-42-32-43(50-33-36(5)44(52)49-46(50)53)62-45(42)59-30-28-57-26-24-56-25-27-58-29-31-60-47(37-12-9-8-10-13-37,38-14-18-40(54-6)19-15-38)39-16-20-41(55-7)21-17-39/h8-10,12-21,33-35,42-43,45H,11,23-32H2,1-7H3,(H,49,52,53)/t42-,43+,45-,64?/m0/s1. The van der Waals surface area contributed by atoms with Gasteiger partial charge in [0.25, 0.3) is 14.1 Å². The third kappa shape index (κ3) is 13.8. The molecule has 1 fully saturated rings. The van der Waals surface area contributed by atoms with Crippen LogP contribution >= 0.6 is 8.53 Å². The van der Waals surface area contributed by atoms with E-state index in [-0.39, 0.29) is 44.7 Å². The molecule has 1 saturated heterocycles. The van der Waals surface area contributed by atoms with E-state index in [0.717, 1.165) is 28.2 Å². The van der Waals surface area contributed by atoms with Crippen LogP contribution in [0.3, 0.4) is 0 Å². The maximum absolute atomic E-state index is 12.8. The van der Waals surface area contributed by atoms with Gasteiger partial charge in [0.2, 0.25) is 0 Å². The molecule has 0 radical (unpaired) electrons. The summed E-state index contributed by atoms with van der Waals surface area (Å²) in [5.74, 6) is 1.50. The smallest absolute Gasteiger partial charge is 0.330 e. The zero-order chi connectivity index (χ0) is 45.9. The minimum Gasteiger partial charge on any atom is -0.497 e. The SMILES string of the molecule is COc1ccc(C(OCCOCCOCCOCCO[C@H]2O[C@@H](n3cc(C)c(=O)[nH]c3=O)C[C@@H]2OP(OCCC#N)N(C(C)C)C(C)C)(c2ccccc2)c2ccc(OC)cc2)cc1. The number of aromatic nitrogens is 2. The minimum absolute atomic E-state index is 0.0769. The summed E-state index contributed by atoms with van der Waals surface area (Å²) < 4.78 is 63.8. The number of hydrogen-bond acceptors (Lipinski definition) is 14. The molecule has 1 unspecified atom stereocenters. The summed E-state index contributed by atoms with van der Waals surface area (Å²) in [6, 6.07) is 28.2. The van der Waals surface area contributed by atoms with Gasteiger partial charge in [0.15, 0.2) is 6.29 Å². The molecule has 1 aromatic heterocycles. The molecule has 64 heavy (non-hydrogen) atoms. The first-order chi connectivity index (χ1) is 31.0. The highest BCUT2D eigenvalue weighted by Gasteiger charge is 2.42. The summed E-state index contributed by atoms with van der Waals surface area (Å²) in [6.45, 7) is 12.5. The second-order valence-corrected chi connectivity index (χ2v) is 16.8. The number of aryl methyl sites for hydroxylation is 1. The fourth-order valence-electron chi connectivity index (χ4n) is 7.33. The molecule has 16 nitrogen and oxygen atoms in total. The van der Waals surface area contributed by atoms with Crippen molar-refractivity contribution < 1.29 is 46.9 Å². The molecule has 4 aromatic rings. The topological polar surface area (TPSA) is 174 Å². The van der Waals surface area contributed by atoms with Gasteiger partial charge in [-0.15, -0.1) is 0 Å². The van der Waals surface area contributed by atoms with Crippen LogP contribution in [-0.2, 0) is 43.1 Å². The highest BCUT2D eigenvalue weighted by molar-refractivity contribution is 7.44. The molecular weight excluding hydrogens is 844 g/mol. The Kier molecular flexibility index (Phi) is 20.4. The van der Waals surface area contributed by atoms with Gasteiger partial charge in [-0.05, 0) is 75.6 Å². The summed E-state index contributed by atoms with van der Waals surface area (Å²) in [5.41, 5.74) is 1.23. The number of hydrogen-bond donors (Lipinski definition) is 1. The summed E-state index contributed by atoms with van der Waals surface area (Å²) >= 11 is 0. The van der Waals surface area contributed by atoms with Crippen LogP contribution in [0.2, 0.25) is 0 Å². The molecule has 1 aliphatic rings. The summed E-state index contributed by atoms with van der Waals surface area (Å²) in [5, 5.41) is 9.16. The van der Waals surface area contributed by atoms with E-state index >= 15 is 0 Å². The fourth-order valence-corrected chi connectivity index (χ4v) is 9.05. The van der Waals surface area contributed by atoms with Crippen LogP contribution in [0.1, 0.15) is 69.0 Å². The zero-order valence-corrected chi connectivity index (χ0v) is 38.8. The average molecular weight is 907 g/mol. The Morgan fingerprint density at radius 2 is 1.31 bits per heavy atom. The predicted molar refractivity (Wildman–Crippen MR) is 241 cm³/mol. The van der Waals surface area contributed by atoms with E-state index in [2.05, 4.69) is 27.9 Å². The summed E-state index contributed by atoms with van der Waals surface area (Å²) in [6.07, 6.45) is -0.344. The Balaban J connectivity index is 1.09. The lowest BCUT2D eigenvalue weighted by Crippen LogP contribution is -2.36. The first kappa shape index (κ1) is 50.5. The van der Waals surface area contributed by atoms with Crippen LogP contribution in [0.4, 0.5) is 0 Å². The van der Waals surface area contributed by atoms with E-state index in [1.165, 1.54) is 10.8 Å². The van der Waals surface area contributed by atoms with Gasteiger partial charge in [0, 0.05) is 30.3 Å². The van der Waals surface area contributed by atoms with Crippen molar-refractivity contribution in [1.82, 2.24) is 14.2 Å². The van der Waals surface area contributed by atoms with Gasteiger partial charge in [0.05, 0.1) is 86.2 Å². The van der Waals surface area contributed by atoms with Gasteiger partial charge in [-0.3, -0.25) is 14.3 Å². The van der Waals surface area contributed by atoms with Crippen molar-refractivity contribution in [2.24, 2.45) is 0 Å². The van der Waals surface area contributed by atoms with Crippen molar-refractivity contribution in [3.8, 4) is 17.6 Å². The molecule has 4 atom stereocenters. The first-order valence-corrected chi connectivity index (χ1v) is 22.7. The van der Waals surface area contributed by atoms with Crippen molar-refractivity contribution in [3.05, 3.63) is 128 Å². The largest absolute Gasteiger partial charge is 0.497 e. The molecule has 0 bridgehead atoms. The van der Waals surface area contributed by atoms with E-state index < -0.39 is 44.0 Å². The number of aromatic amines is 1. The Morgan fingerprint density at radius 1 is 0.781 bits per heavy atom. The number of H-pyrrole nitrogens is 1. The highest BCUT2D eigenvalue weighted by Crippen LogP contribution is 2.50. The number of rotatable bonds is 28. The lowest BCUT2D eigenvalue weighted by molar-refractivity contribution is -0.180. The molecule has 0 saturated carbocycles. The van der Waals surface area contributed by atoms with Crippen LogP contribution in [0.5, 0.6) is 11.5 Å². The normalized spacial score (nSPS) is 17.0. The molecule has 17 heteroatoms. The molecular formula is C47H63N4O12P. The third-order valence-electron chi connectivity index (χ3n) is 10.3. The predicted octanol–water partition coefficient (Wildman–Crippen LogP) is 6.84. The Labute approximate surface area is 377 Å². The molecule has 1 N–H and O–H groups in total. The van der Waals surface area contributed by atoms with Crippen molar-refractivity contribution >= 4 is 8.53 Å². The van der Waals surface area contributed by atoms with E-state index in [9.17, 15) is 9.59 Å². The number of benzene rings is 3. The van der Waals surface area contributed by atoms with Crippen LogP contribution in [-0.4, -0.2) is 112 Å². The van der Waals surface area contributed by atoms with E-state index in [0.29, 0.717) is 45.2 Å². The highest BCUT2D eigenvalue weighted by atomic mass is 31.2. The molecule has 0 spiro atoms. The maximum Gasteiger partial charge on any atom is 0.330 e. The Morgan fingerprint density at radius 3 is 1.84 bits per heavy atom. The maximum atomic E-state index is 12.8. The molecule has 348 valence electrons. The summed E-state index contributed by atoms with van der Waals surface area (Å²) in [4.78, 5) is 27.2. The van der Waals surface area contributed by atoms with E-state index in [1.807, 2.05) is 94.4 Å². The van der Waals surface area contributed by atoms with E-state index in [1.54, 1.807) is 21.1 Å². The quantitative estimate of drug-likeness (QED) is 0.0356. The lowest BCUT2D eigenvalue weighted by Gasteiger charge is -2.37. The monoisotopic (exact) mass is 906 g/mol. The minimum atomic E-state index is -1.63. The molecule has 0 amide bonds. The molecule has 5 rings (SSSR count). The van der Waals surface area contributed by atoms with Crippen molar-refractivity contribution in [2.45, 2.75) is 83.8 Å². The Hall–Kier alpha value is -4.50. The number of nitrogens with zero attached hydrogens (tertiary/aromatic N) is 3. The van der Waals surface area contributed by atoms with Gasteiger partial charge in [-0.1, -0.05) is 54.6 Å². The van der Waals surface area contributed by atoms with Gasteiger partial charge in [-0.25, -0.2) is 9.46 Å². The van der Waals surface area contributed by atoms with Crippen molar-refractivity contribution in [3.63, 3.8) is 0 Å². The van der Waals surface area contributed by atoms with Crippen LogP contribution in [0, 0.1) is 18.3 Å². The molecule has 1 aliphatic heterocycles. The molecule has 3 aromatic carbocycles. The van der Waals surface area contributed by atoms with Crippen LogP contribution in [0.15, 0.2) is 94.6 Å². The first-order valence-electron chi connectivity index (χ1n) is 21.6. The number of nitrogens with one attached hydrogen (secondary N) is 1. The van der Waals surface area contributed by atoms with Gasteiger partial charge >= 0.3 is 5.69 Å². The van der Waals surface area contributed by atoms with Crippen LogP contribution < -0.4 is 20.7 Å². The second kappa shape index (κ2) is 25.8. The van der Waals surface area contributed by atoms with E-state index in [4.69, 9.17) is 52.2 Å². The Bertz CT molecular complexity index is 2070. The number of nitriles is 1. The number of methoxy groups -OCH3 is 2.